The fraction of sp³-hybridized carbons (Fsp3) is 0.556. The van der Waals surface area contributed by atoms with Gasteiger partial charge >= 0.3 is 139 Å². The van der Waals surface area contributed by atoms with Crippen molar-refractivity contribution in [2.45, 2.75) is 55.4 Å². The van der Waals surface area contributed by atoms with Crippen LogP contribution in [0.5, 0.6) is 0 Å². The first kappa shape index (κ1) is 21.9. The molecule has 21 heavy (non-hydrogen) atoms. The summed E-state index contributed by atoms with van der Waals surface area (Å²) in [4.78, 5) is 0. The molecule has 2 aliphatic carbocycles. The molecular weight excluding hydrogens is 519 g/mol. The molecule has 0 radical (unpaired) electrons. The average molecular weight is 547 g/mol. The smallest absolute Gasteiger partial charge is 0.147 e. The molecule has 2 atom stereocenters. The molecule has 0 aromatic rings. The molecule has 2 aliphatic rings. The van der Waals surface area contributed by atoms with Crippen LogP contribution in [-0.4, -0.2) is 0 Å². The van der Waals surface area contributed by atoms with Crippen molar-refractivity contribution in [2.75, 3.05) is 0 Å². The first-order valence-electron chi connectivity index (χ1n) is 7.31. The third-order valence-electron chi connectivity index (χ3n) is 5.55. The second-order valence-electron chi connectivity index (χ2n) is 6.26. The minimum Gasteiger partial charge on any atom is -0.147 e. The van der Waals surface area contributed by atoms with Crippen molar-refractivity contribution in [3.63, 3.8) is 0 Å². The van der Waals surface area contributed by atoms with E-state index < -0.39 is 35.9 Å². The van der Waals surface area contributed by atoms with Gasteiger partial charge in [0.2, 0.25) is 0 Å². The van der Waals surface area contributed by atoms with E-state index in [2.05, 4.69) is 55.4 Å². The van der Waals surface area contributed by atoms with Crippen molar-refractivity contribution < 1.29 is 35.9 Å². The first-order valence-corrected chi connectivity index (χ1v) is 11.4. The van der Waals surface area contributed by atoms with Gasteiger partial charge in [-0.15, -0.1) is 24.8 Å². The molecule has 0 aliphatic heterocycles. The summed E-state index contributed by atoms with van der Waals surface area (Å²) in [6.45, 7) is 18.8. The minimum absolute atomic E-state index is 0. The molecule has 0 aromatic heterocycles. The predicted molar refractivity (Wildman–Crippen MR) is 95.0 cm³/mol. The van der Waals surface area contributed by atoms with Crippen LogP contribution in [0.2, 0.25) is 0 Å². The molecule has 0 fully saturated rings. The van der Waals surface area contributed by atoms with Gasteiger partial charge in [-0.25, -0.2) is 0 Å². The third kappa shape index (κ3) is 3.69. The normalized spacial score (nSPS) is 25.3. The number of hydrogen-bond acceptors (Lipinski definition) is 0. The number of allylic oxidation sites excluding steroid dienone is 8. The summed E-state index contributed by atoms with van der Waals surface area (Å²) in [5.74, 6) is 1.45. The Bertz CT molecular complexity index is 512. The molecule has 0 nitrogen and oxygen atoms in total. The molecule has 118 valence electrons. The fourth-order valence-corrected chi connectivity index (χ4v) is 11.1. The van der Waals surface area contributed by atoms with Gasteiger partial charge in [-0.3, -0.25) is 0 Å². The molecule has 0 aromatic carbocycles. The Morgan fingerprint density at radius 3 is 1.05 bits per heavy atom. The van der Waals surface area contributed by atoms with E-state index in [0.29, 0.717) is 0 Å². The minimum atomic E-state index is -1.01. The molecule has 0 saturated carbocycles. The third-order valence-corrected chi connectivity index (χ3v) is 14.4. The monoisotopic (exact) mass is 546 g/mol. The van der Waals surface area contributed by atoms with E-state index in [9.17, 15) is 0 Å². The van der Waals surface area contributed by atoms with Gasteiger partial charge in [-0.1, -0.05) is 0 Å². The van der Waals surface area contributed by atoms with Gasteiger partial charge in [0, 0.05) is 0 Å². The Labute approximate surface area is 162 Å². The average Bonchev–Trinajstić information content (AvgIpc) is 2.68. The van der Waals surface area contributed by atoms with Crippen LogP contribution in [-0.2, 0) is 0 Å². The molecule has 2 unspecified atom stereocenters. The Hall–Kier alpha value is 0.865. The number of rotatable bonds is 2. The molecular formula is C18H28Cl2Th. The van der Waals surface area contributed by atoms with Gasteiger partial charge in [-0.2, -0.15) is 0 Å². The Morgan fingerprint density at radius 2 is 0.857 bits per heavy atom. The van der Waals surface area contributed by atoms with Gasteiger partial charge in [0.1, 0.15) is 0 Å². The van der Waals surface area contributed by atoms with E-state index >= 15 is 0 Å². The molecule has 2 rings (SSSR count). The van der Waals surface area contributed by atoms with E-state index in [1.165, 1.54) is 0 Å². The molecule has 0 N–H and O–H groups in total. The Kier molecular flexibility index (Phi) is 8.44. The van der Waals surface area contributed by atoms with Crippen LogP contribution in [0.15, 0.2) is 36.1 Å². The van der Waals surface area contributed by atoms with Gasteiger partial charge in [0.15, 0.2) is 0 Å². The number of halogens is 2. The van der Waals surface area contributed by atoms with Gasteiger partial charge < -0.3 is 0 Å². The largest absolute Gasteiger partial charge is 0.147 e. The maximum absolute atomic E-state index is 2.42. The predicted octanol–water partition coefficient (Wildman–Crippen LogP) is 6.44. The van der Waals surface area contributed by atoms with Crippen molar-refractivity contribution in [1.82, 2.24) is 0 Å². The SMILES string of the molecule is CC1=C(C)C(C)[C]([Th][C]2=C(C)C(C)=C(C)C2C)=C1C.Cl.Cl. The number of hydrogen-bond donors (Lipinski definition) is 0. The summed E-state index contributed by atoms with van der Waals surface area (Å²) in [7, 11) is 0. The Morgan fingerprint density at radius 1 is 0.571 bits per heavy atom. The van der Waals surface area contributed by atoms with E-state index in [1.807, 2.05) is 2.71 Å². The topological polar surface area (TPSA) is 0 Å². The standard InChI is InChI=1S/2C9H13.2ClH.Th/c2*1-6-5-7(2)9(4)8(6)3;;;/h2*6H,1-4H3;2*1H;. The summed E-state index contributed by atoms with van der Waals surface area (Å²) in [5, 5.41) is 0. The zero-order valence-electron chi connectivity index (χ0n) is 14.5. The summed E-state index contributed by atoms with van der Waals surface area (Å²) >= 11 is -1.01. The molecule has 0 amide bonds. The van der Waals surface area contributed by atoms with Crippen LogP contribution < -0.4 is 0 Å². The summed E-state index contributed by atoms with van der Waals surface area (Å²) in [5.41, 5.74) is 9.65. The second-order valence-corrected chi connectivity index (χ2v) is 11.7. The van der Waals surface area contributed by atoms with Crippen LogP contribution >= 0.6 is 24.8 Å². The summed E-state index contributed by atoms with van der Waals surface area (Å²) in [6, 6.07) is 0. The van der Waals surface area contributed by atoms with Crippen LogP contribution in [0, 0.1) is 47.7 Å². The van der Waals surface area contributed by atoms with Crippen molar-refractivity contribution in [3.05, 3.63) is 36.1 Å². The molecule has 0 bridgehead atoms. The van der Waals surface area contributed by atoms with Crippen LogP contribution in [0.1, 0.15) is 55.4 Å². The van der Waals surface area contributed by atoms with Crippen molar-refractivity contribution in [2.24, 2.45) is 11.8 Å². The van der Waals surface area contributed by atoms with Crippen LogP contribution in [0.25, 0.3) is 0 Å². The molecule has 0 heterocycles. The van der Waals surface area contributed by atoms with E-state index in [-0.39, 0.29) is 24.8 Å². The molecule has 0 saturated heterocycles. The second kappa shape index (κ2) is 8.11. The maximum atomic E-state index is 2.42. The first-order chi connectivity index (χ1) is 8.77. The molecule has 3 heteroatoms. The van der Waals surface area contributed by atoms with E-state index in [0.717, 1.165) is 11.8 Å². The van der Waals surface area contributed by atoms with Crippen LogP contribution in [0.4, 0.5) is 0 Å². The molecule has 0 spiro atoms. The van der Waals surface area contributed by atoms with Gasteiger partial charge in [0.25, 0.3) is 0 Å². The van der Waals surface area contributed by atoms with Crippen molar-refractivity contribution >= 4 is 24.8 Å². The van der Waals surface area contributed by atoms with E-state index in [4.69, 9.17) is 0 Å². The summed E-state index contributed by atoms with van der Waals surface area (Å²) in [6.07, 6.45) is 0. The quantitative estimate of drug-likeness (QED) is 0.374. The zero-order valence-corrected chi connectivity index (χ0v) is 20.2. The van der Waals surface area contributed by atoms with Gasteiger partial charge in [-0.05, 0) is 0 Å². The van der Waals surface area contributed by atoms with E-state index in [1.54, 1.807) is 33.4 Å². The zero-order chi connectivity index (χ0) is 14.5. The summed E-state index contributed by atoms with van der Waals surface area (Å²) < 4.78 is 3.72. The Balaban J connectivity index is 0.00000200. The van der Waals surface area contributed by atoms with Crippen molar-refractivity contribution in [3.8, 4) is 0 Å². The van der Waals surface area contributed by atoms with Gasteiger partial charge in [0.05, 0.1) is 0 Å². The van der Waals surface area contributed by atoms with Crippen molar-refractivity contribution in [1.29, 1.82) is 0 Å². The maximum Gasteiger partial charge on any atom is -0.147 e. The fourth-order valence-electron chi connectivity index (χ4n) is 3.28. The van der Waals surface area contributed by atoms with Crippen LogP contribution in [0.3, 0.4) is 0 Å².